The van der Waals surface area contributed by atoms with Crippen molar-refractivity contribution in [2.24, 2.45) is 17.3 Å². The summed E-state index contributed by atoms with van der Waals surface area (Å²) in [6.45, 7) is 2.67. The van der Waals surface area contributed by atoms with Gasteiger partial charge in [-0.1, -0.05) is 30.4 Å². The SMILES string of the molecule is CCCOc1ccc(/C=N/N=c2\sc3ccccc3n2C)c(O)c1. The number of nitrogens with zero attached hydrogens (tertiary/aromatic N) is 3. The number of thiazole rings is 1. The van der Waals surface area contributed by atoms with Gasteiger partial charge in [-0.2, -0.15) is 5.10 Å². The molecule has 0 amide bonds. The molecular weight excluding hydrogens is 322 g/mol. The van der Waals surface area contributed by atoms with E-state index in [0.29, 0.717) is 17.9 Å². The van der Waals surface area contributed by atoms with Crippen LogP contribution < -0.4 is 9.54 Å². The van der Waals surface area contributed by atoms with Crippen LogP contribution in [0.25, 0.3) is 10.2 Å². The van der Waals surface area contributed by atoms with Gasteiger partial charge >= 0.3 is 0 Å². The fourth-order valence-corrected chi connectivity index (χ4v) is 3.24. The summed E-state index contributed by atoms with van der Waals surface area (Å²) in [6.07, 6.45) is 2.47. The number of hydrogen-bond acceptors (Lipinski definition) is 5. The second kappa shape index (κ2) is 7.31. The van der Waals surface area contributed by atoms with Crippen LogP contribution in [0.2, 0.25) is 0 Å². The van der Waals surface area contributed by atoms with Crippen molar-refractivity contribution in [3.8, 4) is 11.5 Å². The number of aromatic nitrogens is 1. The third-order valence-corrected chi connectivity index (χ3v) is 4.63. The first-order chi connectivity index (χ1) is 11.7. The third kappa shape index (κ3) is 3.49. The highest BCUT2D eigenvalue weighted by atomic mass is 32.1. The molecule has 0 atom stereocenters. The topological polar surface area (TPSA) is 59.1 Å². The lowest BCUT2D eigenvalue weighted by molar-refractivity contribution is 0.315. The van der Waals surface area contributed by atoms with Crippen molar-refractivity contribution in [3.63, 3.8) is 0 Å². The van der Waals surface area contributed by atoms with Gasteiger partial charge < -0.3 is 14.4 Å². The molecule has 0 aliphatic rings. The van der Waals surface area contributed by atoms with Crippen LogP contribution in [-0.2, 0) is 7.05 Å². The van der Waals surface area contributed by atoms with Gasteiger partial charge in [-0.05, 0) is 30.7 Å². The summed E-state index contributed by atoms with van der Waals surface area (Å²) >= 11 is 1.57. The van der Waals surface area contributed by atoms with Crippen molar-refractivity contribution < 1.29 is 9.84 Å². The maximum Gasteiger partial charge on any atom is 0.211 e. The number of hydrogen-bond donors (Lipinski definition) is 1. The molecule has 0 radical (unpaired) electrons. The fraction of sp³-hybridized carbons (Fsp3) is 0.222. The van der Waals surface area contributed by atoms with Gasteiger partial charge in [0.2, 0.25) is 4.80 Å². The number of benzene rings is 2. The molecule has 0 bridgehead atoms. The molecule has 5 nitrogen and oxygen atoms in total. The minimum atomic E-state index is 0.128. The van der Waals surface area contributed by atoms with Gasteiger partial charge in [0.1, 0.15) is 11.5 Å². The van der Waals surface area contributed by atoms with Gasteiger partial charge in [0.05, 0.1) is 23.0 Å². The molecule has 3 rings (SSSR count). The first-order valence-corrected chi connectivity index (χ1v) is 8.58. The molecule has 2 aromatic carbocycles. The average molecular weight is 341 g/mol. The number of phenols is 1. The molecule has 124 valence electrons. The Morgan fingerprint density at radius 3 is 2.83 bits per heavy atom. The smallest absolute Gasteiger partial charge is 0.211 e. The highest BCUT2D eigenvalue weighted by molar-refractivity contribution is 7.16. The molecule has 3 aromatic rings. The zero-order valence-electron chi connectivity index (χ0n) is 13.6. The van der Waals surface area contributed by atoms with E-state index < -0.39 is 0 Å². The van der Waals surface area contributed by atoms with Crippen LogP contribution in [0.5, 0.6) is 11.5 Å². The Bertz CT molecular complexity index is 941. The zero-order valence-corrected chi connectivity index (χ0v) is 14.5. The number of rotatable bonds is 5. The quantitative estimate of drug-likeness (QED) is 0.568. The molecule has 0 fully saturated rings. The van der Waals surface area contributed by atoms with Crippen LogP contribution in [0, 0.1) is 0 Å². The van der Waals surface area contributed by atoms with Crippen molar-refractivity contribution in [1.82, 2.24) is 4.57 Å². The third-order valence-electron chi connectivity index (χ3n) is 3.53. The molecule has 0 aliphatic heterocycles. The number of ether oxygens (including phenoxy) is 1. The standard InChI is InChI=1S/C18H19N3O2S/c1-3-10-23-14-9-8-13(16(22)11-14)12-19-20-18-21(2)15-6-4-5-7-17(15)24-18/h4-9,11-12,22H,3,10H2,1-2H3/b19-12+,20-18-. The van der Waals surface area contributed by atoms with Gasteiger partial charge in [0, 0.05) is 18.7 Å². The molecule has 0 saturated heterocycles. The Labute approximate surface area is 144 Å². The van der Waals surface area contributed by atoms with Crippen LogP contribution in [0.1, 0.15) is 18.9 Å². The van der Waals surface area contributed by atoms with Gasteiger partial charge in [0.15, 0.2) is 0 Å². The second-order valence-electron chi connectivity index (χ2n) is 5.33. The van der Waals surface area contributed by atoms with Crippen LogP contribution in [0.15, 0.2) is 52.7 Å². The fourth-order valence-electron chi connectivity index (χ4n) is 2.26. The Hall–Kier alpha value is -2.60. The summed E-state index contributed by atoms with van der Waals surface area (Å²) in [5, 5.41) is 18.4. The Morgan fingerprint density at radius 2 is 2.08 bits per heavy atom. The maximum atomic E-state index is 10.0. The summed E-state index contributed by atoms with van der Waals surface area (Å²) in [6, 6.07) is 13.3. The monoisotopic (exact) mass is 341 g/mol. The second-order valence-corrected chi connectivity index (χ2v) is 6.33. The first kappa shape index (κ1) is 16.3. The van der Waals surface area contributed by atoms with Crippen LogP contribution in [0.4, 0.5) is 0 Å². The van der Waals surface area contributed by atoms with Gasteiger partial charge in [0.25, 0.3) is 0 Å². The normalized spacial score (nSPS) is 12.3. The van der Waals surface area contributed by atoms with Gasteiger partial charge in [-0.3, -0.25) is 0 Å². The van der Waals surface area contributed by atoms with Gasteiger partial charge in [-0.15, -0.1) is 5.10 Å². The van der Waals surface area contributed by atoms with Crippen molar-refractivity contribution in [2.75, 3.05) is 6.61 Å². The number of para-hydroxylation sites is 1. The number of fused-ring (bicyclic) bond motifs is 1. The van der Waals surface area contributed by atoms with E-state index in [1.807, 2.05) is 36.7 Å². The maximum absolute atomic E-state index is 10.0. The van der Waals surface area contributed by atoms with E-state index in [-0.39, 0.29) is 5.75 Å². The number of aromatic hydroxyl groups is 1. The molecule has 0 saturated carbocycles. The van der Waals surface area contributed by atoms with E-state index in [4.69, 9.17) is 4.74 Å². The lowest BCUT2D eigenvalue weighted by Gasteiger charge is -2.05. The van der Waals surface area contributed by atoms with Crippen LogP contribution in [-0.4, -0.2) is 22.5 Å². The van der Waals surface area contributed by atoms with E-state index in [1.54, 1.807) is 29.7 Å². The number of phenolic OH excluding ortho intramolecular Hbond substituents is 1. The summed E-state index contributed by atoms with van der Waals surface area (Å²) in [5.41, 5.74) is 1.73. The molecule has 1 N–H and O–H groups in total. The summed E-state index contributed by atoms with van der Waals surface area (Å²) in [4.78, 5) is 0.801. The molecule has 1 aromatic heterocycles. The minimum Gasteiger partial charge on any atom is -0.507 e. The summed E-state index contributed by atoms with van der Waals surface area (Å²) in [7, 11) is 1.96. The van der Waals surface area contributed by atoms with Gasteiger partial charge in [-0.25, -0.2) is 0 Å². The van der Waals surface area contributed by atoms with Crippen molar-refractivity contribution >= 4 is 27.8 Å². The predicted molar refractivity (Wildman–Crippen MR) is 97.8 cm³/mol. The van der Waals surface area contributed by atoms with Crippen molar-refractivity contribution in [1.29, 1.82) is 0 Å². The Kier molecular flexibility index (Phi) is 4.96. The number of aryl methyl sites for hydroxylation is 1. The van der Waals surface area contributed by atoms with Crippen molar-refractivity contribution in [2.45, 2.75) is 13.3 Å². The largest absolute Gasteiger partial charge is 0.507 e. The lowest BCUT2D eigenvalue weighted by Crippen LogP contribution is -2.08. The van der Waals surface area contributed by atoms with E-state index >= 15 is 0 Å². The highest BCUT2D eigenvalue weighted by Crippen LogP contribution is 2.22. The average Bonchev–Trinajstić information content (AvgIpc) is 2.91. The van der Waals surface area contributed by atoms with E-state index in [1.165, 1.54) is 0 Å². The first-order valence-electron chi connectivity index (χ1n) is 7.76. The zero-order chi connectivity index (χ0) is 16.9. The molecular formula is C18H19N3O2S. The molecule has 6 heteroatoms. The minimum absolute atomic E-state index is 0.128. The molecule has 0 unspecified atom stereocenters. The molecule has 0 spiro atoms. The van der Waals surface area contributed by atoms with Crippen LogP contribution >= 0.6 is 11.3 Å². The van der Waals surface area contributed by atoms with E-state index in [2.05, 4.69) is 22.3 Å². The van der Waals surface area contributed by atoms with Crippen LogP contribution in [0.3, 0.4) is 0 Å². The predicted octanol–water partition coefficient (Wildman–Crippen LogP) is 3.67. The summed E-state index contributed by atoms with van der Waals surface area (Å²) < 4.78 is 8.64. The van der Waals surface area contributed by atoms with E-state index in [0.717, 1.165) is 21.4 Å². The molecule has 1 heterocycles. The Balaban J connectivity index is 1.83. The highest BCUT2D eigenvalue weighted by Gasteiger charge is 2.02. The molecule has 0 aliphatic carbocycles. The van der Waals surface area contributed by atoms with Crippen molar-refractivity contribution in [3.05, 3.63) is 52.8 Å². The lowest BCUT2D eigenvalue weighted by atomic mass is 10.2. The van der Waals surface area contributed by atoms with E-state index in [9.17, 15) is 5.11 Å². The summed E-state index contributed by atoms with van der Waals surface area (Å²) in [5.74, 6) is 0.780. The Morgan fingerprint density at radius 1 is 1.25 bits per heavy atom. The molecule has 24 heavy (non-hydrogen) atoms.